The van der Waals surface area contributed by atoms with Crippen LogP contribution >= 0.6 is 0 Å². The maximum atomic E-state index is 9.92. The Hall–Kier alpha value is -0.200. The quantitative estimate of drug-likeness (QED) is 0.604. The molecule has 0 aromatic heterocycles. The van der Waals surface area contributed by atoms with Crippen LogP contribution < -0.4 is 5.32 Å². The van der Waals surface area contributed by atoms with Crippen molar-refractivity contribution in [3.8, 4) is 0 Å². The molecule has 0 saturated carbocycles. The van der Waals surface area contributed by atoms with Crippen LogP contribution in [-0.4, -0.2) is 74.3 Å². The summed E-state index contributed by atoms with van der Waals surface area (Å²) in [6, 6.07) is 0.552. The molecule has 0 aromatic rings. The van der Waals surface area contributed by atoms with Crippen molar-refractivity contribution in [2.24, 2.45) is 5.92 Å². The molecule has 5 heteroatoms. The first-order valence-electron chi connectivity index (χ1n) is 7.98. The average molecular weight is 286 g/mol. The molecule has 3 aliphatic rings. The third-order valence-electron chi connectivity index (χ3n) is 4.26. The van der Waals surface area contributed by atoms with Crippen LogP contribution in [0.5, 0.6) is 0 Å². The monoisotopic (exact) mass is 286 g/mol. The fourth-order valence-electron chi connectivity index (χ4n) is 3.10. The van der Waals surface area contributed by atoms with Crippen LogP contribution in [0.3, 0.4) is 0 Å². The second kappa shape index (κ2) is 8.29. The molecule has 2 unspecified atom stereocenters. The first-order valence-corrected chi connectivity index (χ1v) is 7.98. The molecule has 2 atom stereocenters. The Bertz CT molecular complexity index is 268. The highest BCUT2D eigenvalue weighted by molar-refractivity contribution is 4.91. The van der Waals surface area contributed by atoms with Gasteiger partial charge in [0, 0.05) is 19.1 Å². The normalized spacial score (nSPS) is 30.9. The summed E-state index contributed by atoms with van der Waals surface area (Å²) in [5, 5.41) is 13.4. The number of hydrogen-bond donors (Lipinski definition) is 2. The number of nitrogens with zero attached hydrogens (tertiary/aromatic N) is 1. The maximum absolute atomic E-state index is 9.92. The van der Waals surface area contributed by atoms with Gasteiger partial charge in [0.25, 0.3) is 0 Å². The van der Waals surface area contributed by atoms with Gasteiger partial charge in [0.05, 0.1) is 32.0 Å². The summed E-state index contributed by atoms with van der Waals surface area (Å²) >= 11 is 0. The van der Waals surface area contributed by atoms with Crippen molar-refractivity contribution in [3.63, 3.8) is 0 Å². The van der Waals surface area contributed by atoms with Crippen molar-refractivity contribution in [2.45, 2.75) is 44.9 Å². The number of rotatable bonds is 9. The van der Waals surface area contributed by atoms with Gasteiger partial charge >= 0.3 is 0 Å². The molecule has 3 heterocycles. The van der Waals surface area contributed by atoms with E-state index in [-0.39, 0.29) is 6.10 Å². The number of aliphatic hydroxyl groups excluding tert-OH is 1. The van der Waals surface area contributed by atoms with Gasteiger partial charge in [-0.3, -0.25) is 0 Å². The van der Waals surface area contributed by atoms with E-state index in [9.17, 15) is 5.11 Å². The molecule has 3 fully saturated rings. The molecular weight excluding hydrogens is 256 g/mol. The van der Waals surface area contributed by atoms with Crippen molar-refractivity contribution in [1.29, 1.82) is 0 Å². The molecule has 2 N–H and O–H groups in total. The van der Waals surface area contributed by atoms with Gasteiger partial charge in [-0.2, -0.15) is 0 Å². The van der Waals surface area contributed by atoms with Crippen molar-refractivity contribution >= 4 is 0 Å². The third kappa shape index (κ3) is 5.30. The zero-order valence-electron chi connectivity index (χ0n) is 12.9. The summed E-state index contributed by atoms with van der Waals surface area (Å²) in [5.74, 6) is 0.799. The van der Waals surface area contributed by atoms with Crippen molar-refractivity contribution in [2.75, 3.05) is 46.0 Å². The number of nitrogens with one attached hydrogen (secondary N) is 1. The molecule has 20 heavy (non-hydrogen) atoms. The lowest BCUT2D eigenvalue weighted by molar-refractivity contribution is -0.0130. The van der Waals surface area contributed by atoms with E-state index in [2.05, 4.69) is 10.2 Å². The van der Waals surface area contributed by atoms with E-state index in [4.69, 9.17) is 9.47 Å². The summed E-state index contributed by atoms with van der Waals surface area (Å²) in [6.45, 7) is 9.82. The van der Waals surface area contributed by atoms with E-state index in [1.165, 1.54) is 25.9 Å². The van der Waals surface area contributed by atoms with Crippen LogP contribution in [0.15, 0.2) is 0 Å². The lowest BCUT2D eigenvalue weighted by Gasteiger charge is -2.45. The second-order valence-electron chi connectivity index (χ2n) is 6.30. The lowest BCUT2D eigenvalue weighted by Crippen LogP contribution is -2.57. The van der Waals surface area contributed by atoms with Crippen LogP contribution in [0.1, 0.15) is 26.7 Å². The molecule has 5 nitrogen and oxygen atoms in total. The number of aliphatic hydroxyl groups is 1. The van der Waals surface area contributed by atoms with E-state index in [1.807, 2.05) is 13.8 Å². The SMILES string of the molecule is CC(C)OCCOCC(O)CNC1CN2CCC1CC2. The molecule has 3 aliphatic heterocycles. The zero-order valence-corrected chi connectivity index (χ0v) is 12.9. The van der Waals surface area contributed by atoms with E-state index >= 15 is 0 Å². The number of ether oxygens (including phenoxy) is 2. The highest BCUT2D eigenvalue weighted by Crippen LogP contribution is 2.27. The zero-order chi connectivity index (χ0) is 14.4. The fourth-order valence-corrected chi connectivity index (χ4v) is 3.10. The summed E-state index contributed by atoms with van der Waals surface area (Å²) in [7, 11) is 0. The van der Waals surface area contributed by atoms with Crippen LogP contribution in [-0.2, 0) is 9.47 Å². The number of hydrogen-bond acceptors (Lipinski definition) is 5. The van der Waals surface area contributed by atoms with Gasteiger partial charge < -0.3 is 24.8 Å². The maximum Gasteiger partial charge on any atom is 0.0897 e. The summed E-state index contributed by atoms with van der Waals surface area (Å²) < 4.78 is 10.8. The van der Waals surface area contributed by atoms with Crippen molar-refractivity contribution in [3.05, 3.63) is 0 Å². The van der Waals surface area contributed by atoms with Gasteiger partial charge in [0.15, 0.2) is 0 Å². The molecule has 0 radical (unpaired) electrons. The molecule has 0 aliphatic carbocycles. The number of fused-ring (bicyclic) bond motifs is 3. The van der Waals surface area contributed by atoms with E-state index < -0.39 is 6.10 Å². The lowest BCUT2D eigenvalue weighted by atomic mass is 9.84. The highest BCUT2D eigenvalue weighted by atomic mass is 16.5. The molecule has 3 saturated heterocycles. The molecule has 3 rings (SSSR count). The van der Waals surface area contributed by atoms with Gasteiger partial charge in [-0.1, -0.05) is 0 Å². The third-order valence-corrected chi connectivity index (χ3v) is 4.26. The Labute approximate surface area is 122 Å². The predicted molar refractivity (Wildman–Crippen MR) is 78.9 cm³/mol. The molecule has 0 aromatic carbocycles. The Morgan fingerprint density at radius 2 is 2.00 bits per heavy atom. The van der Waals surface area contributed by atoms with Gasteiger partial charge in [0.2, 0.25) is 0 Å². The van der Waals surface area contributed by atoms with Crippen LogP contribution in [0.2, 0.25) is 0 Å². The highest BCUT2D eigenvalue weighted by Gasteiger charge is 2.33. The Kier molecular flexibility index (Phi) is 6.71. The smallest absolute Gasteiger partial charge is 0.0897 e. The largest absolute Gasteiger partial charge is 0.389 e. The molecular formula is C15H30N2O3. The standard InChI is InChI=1S/C15H30N2O3/c1-12(2)20-8-7-19-11-14(18)9-16-15-10-17-5-3-13(15)4-6-17/h12-16,18H,3-11H2,1-2H3. The first kappa shape index (κ1) is 16.2. The fraction of sp³-hybridized carbons (Fsp3) is 1.00. The van der Waals surface area contributed by atoms with Gasteiger partial charge in [-0.05, 0) is 45.7 Å². The van der Waals surface area contributed by atoms with Crippen molar-refractivity contribution < 1.29 is 14.6 Å². The van der Waals surface area contributed by atoms with E-state index in [0.29, 0.717) is 32.4 Å². The molecule has 0 amide bonds. The Morgan fingerprint density at radius 1 is 1.25 bits per heavy atom. The molecule has 118 valence electrons. The Balaban J connectivity index is 1.51. The second-order valence-corrected chi connectivity index (χ2v) is 6.30. The van der Waals surface area contributed by atoms with E-state index in [0.717, 1.165) is 12.5 Å². The first-order chi connectivity index (χ1) is 9.65. The van der Waals surface area contributed by atoms with Crippen LogP contribution in [0.25, 0.3) is 0 Å². The minimum Gasteiger partial charge on any atom is -0.389 e. The molecule has 0 spiro atoms. The van der Waals surface area contributed by atoms with Crippen LogP contribution in [0, 0.1) is 5.92 Å². The summed E-state index contributed by atoms with van der Waals surface area (Å²) in [6.07, 6.45) is 2.42. The van der Waals surface area contributed by atoms with Gasteiger partial charge in [0.1, 0.15) is 0 Å². The topological polar surface area (TPSA) is 54.0 Å². The summed E-state index contributed by atoms with van der Waals surface area (Å²) in [4.78, 5) is 2.52. The Morgan fingerprint density at radius 3 is 2.60 bits per heavy atom. The van der Waals surface area contributed by atoms with Crippen molar-refractivity contribution in [1.82, 2.24) is 10.2 Å². The minimum absolute atomic E-state index is 0.238. The molecule has 2 bridgehead atoms. The summed E-state index contributed by atoms with van der Waals surface area (Å²) in [5.41, 5.74) is 0. The predicted octanol–water partition coefficient (Wildman–Crippen LogP) is 0.473. The van der Waals surface area contributed by atoms with E-state index in [1.54, 1.807) is 0 Å². The number of piperidine rings is 3. The van der Waals surface area contributed by atoms with Crippen LogP contribution in [0.4, 0.5) is 0 Å². The minimum atomic E-state index is -0.426. The van der Waals surface area contributed by atoms with Gasteiger partial charge in [-0.15, -0.1) is 0 Å². The van der Waals surface area contributed by atoms with Gasteiger partial charge in [-0.25, -0.2) is 0 Å². The average Bonchev–Trinajstić information content (AvgIpc) is 2.45.